The summed E-state index contributed by atoms with van der Waals surface area (Å²) in [6, 6.07) is 37.3. The molecule has 7 aromatic rings. The van der Waals surface area contributed by atoms with E-state index in [9.17, 15) is 0 Å². The van der Waals surface area contributed by atoms with Crippen molar-refractivity contribution in [3.8, 4) is 34.1 Å². The summed E-state index contributed by atoms with van der Waals surface area (Å²) in [6.45, 7) is 4.23. The number of pyridine rings is 1. The van der Waals surface area contributed by atoms with E-state index in [1.54, 1.807) is 0 Å². The van der Waals surface area contributed by atoms with Gasteiger partial charge in [-0.3, -0.25) is 4.98 Å². The third-order valence-electron chi connectivity index (χ3n) is 6.97. The van der Waals surface area contributed by atoms with Crippen molar-refractivity contribution in [3.63, 3.8) is 0 Å². The number of hydrogen-bond acceptors (Lipinski definition) is 3. The van der Waals surface area contributed by atoms with E-state index >= 15 is 0 Å². The normalized spacial score (nSPS) is 11.1. The number of aromatic nitrogens is 4. The van der Waals surface area contributed by atoms with E-state index in [0.29, 0.717) is 11.5 Å². The monoisotopic (exact) mass is 699 g/mol. The van der Waals surface area contributed by atoms with Gasteiger partial charge in [-0.2, -0.15) is 6.07 Å². The Balaban J connectivity index is 0.00000289. The minimum absolute atomic E-state index is 0. The second kappa shape index (κ2) is 10.6. The molecule has 0 aliphatic heterocycles. The number of nitrogens with zero attached hydrogens (tertiary/aromatic N) is 4. The zero-order valence-corrected chi connectivity index (χ0v) is 24.2. The fourth-order valence-corrected chi connectivity index (χ4v) is 5.24. The van der Waals surface area contributed by atoms with Gasteiger partial charge in [0.2, 0.25) is 0 Å². The van der Waals surface area contributed by atoms with Crippen LogP contribution >= 0.6 is 0 Å². The molecule has 0 fully saturated rings. The van der Waals surface area contributed by atoms with Crippen molar-refractivity contribution < 1.29 is 25.8 Å². The van der Waals surface area contributed by atoms with Gasteiger partial charge in [-0.25, -0.2) is 4.98 Å². The summed E-state index contributed by atoms with van der Waals surface area (Å²) in [5.41, 5.74) is 8.07. The fraction of sp³-hybridized carbons (Fsp3) is 0.0588. The average molecular weight is 700 g/mol. The Labute approximate surface area is 247 Å². The van der Waals surface area contributed by atoms with E-state index in [0.717, 1.165) is 44.6 Å². The van der Waals surface area contributed by atoms with Gasteiger partial charge in [-0.15, -0.1) is 42.0 Å². The van der Waals surface area contributed by atoms with Crippen LogP contribution in [-0.2, 0) is 21.1 Å². The van der Waals surface area contributed by atoms with Gasteiger partial charge in [0, 0.05) is 34.2 Å². The van der Waals surface area contributed by atoms with E-state index in [4.69, 9.17) is 4.74 Å². The molecule has 0 atom stereocenters. The molecule has 0 amide bonds. The molecule has 40 heavy (non-hydrogen) atoms. The Hall–Kier alpha value is -4.47. The number of ether oxygens (including phenoxy) is 1. The van der Waals surface area contributed by atoms with Gasteiger partial charge >= 0.3 is 21.1 Å². The maximum Gasteiger partial charge on any atom is 2.00 e. The molecule has 5 nitrogen and oxygen atoms in total. The molecule has 0 bridgehead atoms. The van der Waals surface area contributed by atoms with E-state index in [1.165, 1.54) is 11.1 Å². The van der Waals surface area contributed by atoms with Gasteiger partial charge in [0.1, 0.15) is 5.65 Å². The first kappa shape index (κ1) is 25.8. The molecule has 4 aromatic carbocycles. The summed E-state index contributed by atoms with van der Waals surface area (Å²) in [7, 11) is 0. The minimum Gasteiger partial charge on any atom is -0.503 e. The number of fused-ring (bicyclic) bond motifs is 3. The zero-order valence-electron chi connectivity index (χ0n) is 21.9. The fourth-order valence-electron chi connectivity index (χ4n) is 5.24. The second-order valence-corrected chi connectivity index (χ2v) is 9.56. The van der Waals surface area contributed by atoms with Crippen molar-refractivity contribution in [1.82, 2.24) is 19.1 Å². The number of para-hydroxylation sites is 2. The maximum absolute atomic E-state index is 6.25. The Morgan fingerprint density at radius 3 is 2.27 bits per heavy atom. The standard InChI is InChI=1S/C34H24N4O.Pt/c1-23-9-5-10-24(2)33(23)37-21-31(36-22-37)25-11-6-13-27(19-25)39-28-14-7-12-26(20-28)38-32-17-4-3-15-29(32)30-16-8-18-35-34(30)38;/h3-18,21-22H,1-2H3;/q-2;+2. The summed E-state index contributed by atoms with van der Waals surface area (Å²) in [5, 5.41) is 2.26. The van der Waals surface area contributed by atoms with E-state index < -0.39 is 0 Å². The molecule has 6 heteroatoms. The van der Waals surface area contributed by atoms with Gasteiger partial charge in [0.25, 0.3) is 0 Å². The van der Waals surface area contributed by atoms with Crippen molar-refractivity contribution in [2.45, 2.75) is 13.8 Å². The van der Waals surface area contributed by atoms with E-state index in [1.807, 2.05) is 67.3 Å². The minimum atomic E-state index is 0. The topological polar surface area (TPSA) is 44.9 Å². The first-order chi connectivity index (χ1) is 19.2. The number of aryl methyl sites for hydroxylation is 2. The number of benzene rings is 4. The maximum atomic E-state index is 6.25. The van der Waals surface area contributed by atoms with Crippen LogP contribution in [0.15, 0.2) is 110 Å². The van der Waals surface area contributed by atoms with Crippen LogP contribution in [0.3, 0.4) is 0 Å². The number of rotatable bonds is 5. The van der Waals surface area contributed by atoms with Crippen LogP contribution in [0.25, 0.3) is 44.6 Å². The largest absolute Gasteiger partial charge is 2.00 e. The van der Waals surface area contributed by atoms with E-state index in [2.05, 4.69) is 87.5 Å². The molecule has 0 aliphatic carbocycles. The predicted molar refractivity (Wildman–Crippen MR) is 155 cm³/mol. The molecule has 0 aliphatic rings. The summed E-state index contributed by atoms with van der Waals surface area (Å²) in [5.74, 6) is 1.20. The number of imidazole rings is 1. The van der Waals surface area contributed by atoms with Crippen LogP contribution in [-0.4, -0.2) is 19.1 Å². The molecule has 0 radical (unpaired) electrons. The Morgan fingerprint density at radius 2 is 1.43 bits per heavy atom. The third kappa shape index (κ3) is 4.53. The zero-order chi connectivity index (χ0) is 26.3. The van der Waals surface area contributed by atoms with Crippen LogP contribution in [0.5, 0.6) is 11.5 Å². The molecule has 3 heterocycles. The molecule has 0 saturated heterocycles. The van der Waals surface area contributed by atoms with Gasteiger partial charge in [-0.05, 0) is 49.4 Å². The Bertz CT molecular complexity index is 1910. The van der Waals surface area contributed by atoms with Crippen molar-refractivity contribution in [1.29, 1.82) is 0 Å². The molecule has 196 valence electrons. The van der Waals surface area contributed by atoms with E-state index in [-0.39, 0.29) is 21.1 Å². The molecule has 7 rings (SSSR count). The molecular formula is C34H24N4OPt. The quantitative estimate of drug-likeness (QED) is 0.171. The molecule has 0 saturated carbocycles. The first-order valence-corrected chi connectivity index (χ1v) is 12.8. The predicted octanol–water partition coefficient (Wildman–Crippen LogP) is 8.04. The van der Waals surface area contributed by atoms with Gasteiger partial charge in [0.05, 0.1) is 17.5 Å². The molecule has 0 spiro atoms. The Morgan fingerprint density at radius 1 is 0.700 bits per heavy atom. The third-order valence-corrected chi connectivity index (χ3v) is 6.97. The van der Waals surface area contributed by atoms with Crippen molar-refractivity contribution >= 4 is 21.9 Å². The van der Waals surface area contributed by atoms with Crippen LogP contribution < -0.4 is 4.74 Å². The SMILES string of the molecule is Cc1cccc(C)c1-n1cnc(-c2[c-]c(Oc3[c-]c(-n4c5ccccc5c5cccnc54)ccc3)ccc2)c1.[Pt+2]. The van der Waals surface area contributed by atoms with Crippen molar-refractivity contribution in [3.05, 3.63) is 133 Å². The van der Waals surface area contributed by atoms with Crippen LogP contribution in [0, 0.1) is 26.0 Å². The summed E-state index contributed by atoms with van der Waals surface area (Å²) in [6.07, 6.45) is 5.70. The van der Waals surface area contributed by atoms with Crippen LogP contribution in [0.1, 0.15) is 11.1 Å². The smallest absolute Gasteiger partial charge is 0.503 e. The molecule has 3 aromatic heterocycles. The summed E-state index contributed by atoms with van der Waals surface area (Å²) >= 11 is 0. The Kier molecular flexibility index (Phi) is 6.83. The molecule has 0 unspecified atom stereocenters. The van der Waals surface area contributed by atoms with Crippen LogP contribution in [0.4, 0.5) is 0 Å². The van der Waals surface area contributed by atoms with Crippen molar-refractivity contribution in [2.24, 2.45) is 0 Å². The first-order valence-electron chi connectivity index (χ1n) is 12.8. The summed E-state index contributed by atoms with van der Waals surface area (Å²) in [4.78, 5) is 9.33. The van der Waals surface area contributed by atoms with Crippen molar-refractivity contribution in [2.75, 3.05) is 0 Å². The van der Waals surface area contributed by atoms with Gasteiger partial charge < -0.3 is 13.9 Å². The average Bonchev–Trinajstić information content (AvgIpc) is 3.57. The molecule has 0 N–H and O–H groups in total. The van der Waals surface area contributed by atoms with Gasteiger partial charge in [0.15, 0.2) is 0 Å². The number of hydrogen-bond donors (Lipinski definition) is 0. The van der Waals surface area contributed by atoms with Crippen LogP contribution in [0.2, 0.25) is 0 Å². The summed E-state index contributed by atoms with van der Waals surface area (Å²) < 4.78 is 10.4. The van der Waals surface area contributed by atoms with Gasteiger partial charge in [-0.1, -0.05) is 48.2 Å². The molecular weight excluding hydrogens is 675 g/mol. The second-order valence-electron chi connectivity index (χ2n) is 9.56.